The number of carbonyl (C=O) groups is 1. The van der Waals surface area contributed by atoms with Crippen LogP contribution in [-0.2, 0) is 4.79 Å². The first-order valence-electron chi connectivity index (χ1n) is 9.68. The highest BCUT2D eigenvalue weighted by atomic mass is 32.2. The number of halogens is 1. The summed E-state index contributed by atoms with van der Waals surface area (Å²) in [6.07, 6.45) is 3.21. The summed E-state index contributed by atoms with van der Waals surface area (Å²) < 4.78 is 17.8. The summed E-state index contributed by atoms with van der Waals surface area (Å²) >= 11 is 1.21. The van der Waals surface area contributed by atoms with Gasteiger partial charge < -0.3 is 5.32 Å². The van der Waals surface area contributed by atoms with E-state index in [-0.39, 0.29) is 11.7 Å². The van der Waals surface area contributed by atoms with Gasteiger partial charge in [0.2, 0.25) is 5.91 Å². The highest BCUT2D eigenvalue weighted by Gasteiger charge is 2.19. The van der Waals surface area contributed by atoms with Crippen LogP contribution in [0.1, 0.15) is 0 Å². The maximum Gasteiger partial charge on any atom is 0.236 e. The summed E-state index contributed by atoms with van der Waals surface area (Å²) in [5.41, 5.74) is 1.73. The minimum atomic E-state index is -0.396. The summed E-state index contributed by atoms with van der Waals surface area (Å²) in [5.74, 6) is 0.319. The minimum absolute atomic E-state index is 0.0767. The molecule has 1 N–H and O–H groups in total. The van der Waals surface area contributed by atoms with Gasteiger partial charge in [-0.1, -0.05) is 42.1 Å². The predicted octanol–water partition coefficient (Wildman–Crippen LogP) is 3.85. The standard InChI is InChI=1S/C22H16FN7OS/c23-17-9-5-4-8-16(17)21-27-28-22(29(21)15-6-2-1-3-7-15)32-14-20(31)26-19-10-12-24-18-11-13-25-30(18)19/h1-13H,14H2,(H,26,31). The third-order valence-corrected chi connectivity index (χ3v) is 5.58. The van der Waals surface area contributed by atoms with Crippen LogP contribution in [-0.4, -0.2) is 41.0 Å². The second kappa shape index (κ2) is 8.60. The number of nitrogens with zero attached hydrogens (tertiary/aromatic N) is 6. The molecule has 0 fully saturated rings. The van der Waals surface area contributed by atoms with E-state index in [1.807, 2.05) is 30.3 Å². The Morgan fingerprint density at radius 2 is 1.78 bits per heavy atom. The van der Waals surface area contributed by atoms with Crippen LogP contribution in [0.5, 0.6) is 0 Å². The van der Waals surface area contributed by atoms with Crippen LogP contribution in [0.15, 0.2) is 84.3 Å². The molecule has 0 radical (unpaired) electrons. The summed E-state index contributed by atoms with van der Waals surface area (Å²) in [6, 6.07) is 19.2. The number of fused-ring (bicyclic) bond motifs is 1. The second-order valence-corrected chi connectivity index (χ2v) is 7.67. The lowest BCUT2D eigenvalue weighted by Gasteiger charge is -2.11. The molecule has 3 heterocycles. The lowest BCUT2D eigenvalue weighted by atomic mass is 10.2. The Bertz CT molecular complexity index is 1400. The molecule has 0 bridgehead atoms. The average Bonchev–Trinajstić information content (AvgIpc) is 3.46. The number of para-hydroxylation sites is 1. The van der Waals surface area contributed by atoms with Crippen LogP contribution < -0.4 is 5.32 Å². The Labute approximate surface area is 186 Å². The van der Waals surface area contributed by atoms with Gasteiger partial charge >= 0.3 is 0 Å². The molecule has 1 amide bonds. The molecule has 0 saturated heterocycles. The van der Waals surface area contributed by atoms with E-state index in [0.29, 0.717) is 28.0 Å². The van der Waals surface area contributed by atoms with Crippen LogP contribution in [0.25, 0.3) is 22.7 Å². The second-order valence-electron chi connectivity index (χ2n) is 6.73. The quantitative estimate of drug-likeness (QED) is 0.400. The van der Waals surface area contributed by atoms with Gasteiger partial charge in [0.15, 0.2) is 16.6 Å². The molecule has 0 unspecified atom stereocenters. The minimum Gasteiger partial charge on any atom is -0.310 e. The molecule has 5 aromatic rings. The largest absolute Gasteiger partial charge is 0.310 e. The van der Waals surface area contributed by atoms with Crippen LogP contribution in [0.4, 0.5) is 10.2 Å². The van der Waals surface area contributed by atoms with E-state index in [1.54, 1.807) is 51.8 Å². The third kappa shape index (κ3) is 3.83. The first-order valence-corrected chi connectivity index (χ1v) is 10.7. The maximum absolute atomic E-state index is 14.5. The van der Waals surface area contributed by atoms with Crippen molar-refractivity contribution in [3.63, 3.8) is 0 Å². The number of hydrogen-bond donors (Lipinski definition) is 1. The Morgan fingerprint density at radius 1 is 0.969 bits per heavy atom. The first kappa shape index (κ1) is 19.9. The molecular formula is C22H16FN7OS. The van der Waals surface area contributed by atoms with Gasteiger partial charge in [0.25, 0.3) is 0 Å². The SMILES string of the molecule is O=C(CSc1nnc(-c2ccccc2F)n1-c1ccccc1)Nc1ccnc2ccnn12. The van der Waals surface area contributed by atoms with Crippen molar-refractivity contribution in [2.24, 2.45) is 0 Å². The Balaban J connectivity index is 1.42. The zero-order valence-corrected chi connectivity index (χ0v) is 17.4. The molecule has 0 aliphatic heterocycles. The van der Waals surface area contributed by atoms with Crippen molar-refractivity contribution >= 4 is 29.1 Å². The van der Waals surface area contributed by atoms with Crippen LogP contribution >= 0.6 is 11.8 Å². The van der Waals surface area contributed by atoms with Crippen molar-refractivity contribution in [1.29, 1.82) is 0 Å². The molecule has 10 heteroatoms. The van der Waals surface area contributed by atoms with E-state index in [0.717, 1.165) is 5.69 Å². The number of benzene rings is 2. The fraction of sp³-hybridized carbons (Fsp3) is 0.0455. The molecule has 0 saturated carbocycles. The predicted molar refractivity (Wildman–Crippen MR) is 119 cm³/mol. The van der Waals surface area contributed by atoms with Gasteiger partial charge in [0.1, 0.15) is 11.6 Å². The number of rotatable bonds is 6. The molecule has 0 spiro atoms. The molecule has 5 rings (SSSR count). The Hall–Kier alpha value is -4.05. The zero-order chi connectivity index (χ0) is 21.9. The van der Waals surface area contributed by atoms with Gasteiger partial charge in [0, 0.05) is 18.0 Å². The average molecular weight is 445 g/mol. The molecule has 8 nitrogen and oxygen atoms in total. The lowest BCUT2D eigenvalue weighted by Crippen LogP contribution is -2.17. The van der Waals surface area contributed by atoms with E-state index >= 15 is 0 Å². The van der Waals surface area contributed by atoms with Crippen molar-refractivity contribution in [2.75, 3.05) is 11.1 Å². The number of carbonyl (C=O) groups excluding carboxylic acids is 1. The van der Waals surface area contributed by atoms with Crippen molar-refractivity contribution in [3.05, 3.63) is 84.9 Å². The number of amides is 1. The van der Waals surface area contributed by atoms with Gasteiger partial charge in [-0.05, 0) is 30.3 Å². The van der Waals surface area contributed by atoms with Crippen molar-refractivity contribution in [1.82, 2.24) is 29.4 Å². The molecule has 2 aromatic carbocycles. The van der Waals surface area contributed by atoms with Gasteiger partial charge in [0.05, 0.1) is 17.5 Å². The molecule has 0 atom stereocenters. The smallest absolute Gasteiger partial charge is 0.236 e. The van der Waals surface area contributed by atoms with Crippen molar-refractivity contribution in [2.45, 2.75) is 5.16 Å². The monoisotopic (exact) mass is 445 g/mol. The molecule has 0 aliphatic carbocycles. The zero-order valence-electron chi connectivity index (χ0n) is 16.6. The Morgan fingerprint density at radius 3 is 2.62 bits per heavy atom. The fourth-order valence-corrected chi connectivity index (χ4v) is 3.98. The van der Waals surface area contributed by atoms with Crippen LogP contribution in [0, 0.1) is 5.82 Å². The topological polar surface area (TPSA) is 90.0 Å². The first-order chi connectivity index (χ1) is 15.7. The molecule has 0 aliphatic rings. The summed E-state index contributed by atoms with van der Waals surface area (Å²) in [5, 5.41) is 15.9. The fourth-order valence-electron chi connectivity index (χ4n) is 3.23. The summed E-state index contributed by atoms with van der Waals surface area (Å²) in [4.78, 5) is 16.8. The number of thioether (sulfide) groups is 1. The van der Waals surface area contributed by atoms with Crippen molar-refractivity contribution in [3.8, 4) is 17.1 Å². The van der Waals surface area contributed by atoms with E-state index in [2.05, 4.69) is 25.6 Å². The number of anilines is 1. The van der Waals surface area contributed by atoms with Gasteiger partial charge in [-0.3, -0.25) is 9.36 Å². The third-order valence-electron chi connectivity index (χ3n) is 4.65. The van der Waals surface area contributed by atoms with Gasteiger partial charge in [-0.2, -0.15) is 9.61 Å². The van der Waals surface area contributed by atoms with E-state index in [1.165, 1.54) is 17.8 Å². The summed E-state index contributed by atoms with van der Waals surface area (Å²) in [7, 11) is 0. The van der Waals surface area contributed by atoms with E-state index < -0.39 is 5.82 Å². The van der Waals surface area contributed by atoms with Crippen LogP contribution in [0.3, 0.4) is 0 Å². The normalized spacial score (nSPS) is 11.0. The van der Waals surface area contributed by atoms with Gasteiger partial charge in [-0.25, -0.2) is 9.37 Å². The van der Waals surface area contributed by atoms with Crippen LogP contribution in [0.2, 0.25) is 0 Å². The maximum atomic E-state index is 14.5. The highest BCUT2D eigenvalue weighted by Crippen LogP contribution is 2.29. The molecular weight excluding hydrogens is 429 g/mol. The van der Waals surface area contributed by atoms with Gasteiger partial charge in [-0.15, -0.1) is 10.2 Å². The summed E-state index contributed by atoms with van der Waals surface area (Å²) in [6.45, 7) is 0. The molecule has 32 heavy (non-hydrogen) atoms. The lowest BCUT2D eigenvalue weighted by molar-refractivity contribution is -0.113. The molecule has 158 valence electrons. The Kier molecular flexibility index (Phi) is 5.34. The number of hydrogen-bond acceptors (Lipinski definition) is 6. The van der Waals surface area contributed by atoms with Crippen molar-refractivity contribution < 1.29 is 9.18 Å². The molecule has 3 aromatic heterocycles. The van der Waals surface area contributed by atoms with E-state index in [9.17, 15) is 9.18 Å². The number of aromatic nitrogens is 6. The number of nitrogens with one attached hydrogen (secondary N) is 1. The van der Waals surface area contributed by atoms with E-state index in [4.69, 9.17) is 0 Å². The highest BCUT2D eigenvalue weighted by molar-refractivity contribution is 7.99.